The SMILES string of the molecule is Cc1cc2cc(-c3ccccc3C)oc(=O)c2cc1C. The van der Waals surface area contributed by atoms with E-state index < -0.39 is 0 Å². The van der Waals surface area contributed by atoms with Gasteiger partial charge in [-0.2, -0.15) is 0 Å². The highest BCUT2D eigenvalue weighted by molar-refractivity contribution is 5.85. The third kappa shape index (κ3) is 2.03. The summed E-state index contributed by atoms with van der Waals surface area (Å²) in [5, 5.41) is 1.58. The maximum atomic E-state index is 12.2. The van der Waals surface area contributed by atoms with E-state index in [2.05, 4.69) is 6.92 Å². The average molecular weight is 264 g/mol. The largest absolute Gasteiger partial charge is 0.422 e. The van der Waals surface area contributed by atoms with E-state index in [9.17, 15) is 4.79 Å². The third-order valence-electron chi connectivity index (χ3n) is 3.79. The number of rotatable bonds is 1. The maximum absolute atomic E-state index is 12.2. The van der Waals surface area contributed by atoms with Gasteiger partial charge in [0.25, 0.3) is 0 Å². The van der Waals surface area contributed by atoms with Gasteiger partial charge in [-0.15, -0.1) is 0 Å². The Balaban J connectivity index is 2.33. The van der Waals surface area contributed by atoms with Gasteiger partial charge in [0, 0.05) is 5.56 Å². The first-order chi connectivity index (χ1) is 9.56. The van der Waals surface area contributed by atoms with Gasteiger partial charge in [-0.1, -0.05) is 30.3 Å². The Morgan fingerprint density at radius 1 is 0.850 bits per heavy atom. The first kappa shape index (κ1) is 12.7. The molecule has 0 saturated carbocycles. The van der Waals surface area contributed by atoms with Crippen molar-refractivity contribution in [3.63, 3.8) is 0 Å². The molecule has 3 aromatic rings. The molecule has 2 heteroatoms. The van der Waals surface area contributed by atoms with Gasteiger partial charge in [-0.3, -0.25) is 0 Å². The topological polar surface area (TPSA) is 30.2 Å². The molecule has 1 aromatic heterocycles. The molecule has 0 amide bonds. The smallest absolute Gasteiger partial charge is 0.344 e. The third-order valence-corrected chi connectivity index (χ3v) is 3.79. The number of aryl methyl sites for hydroxylation is 3. The van der Waals surface area contributed by atoms with Crippen molar-refractivity contribution >= 4 is 10.8 Å². The van der Waals surface area contributed by atoms with Crippen molar-refractivity contribution in [2.45, 2.75) is 20.8 Å². The second-order valence-corrected chi connectivity index (χ2v) is 5.24. The zero-order valence-electron chi connectivity index (χ0n) is 11.9. The van der Waals surface area contributed by atoms with Crippen LogP contribution in [0.3, 0.4) is 0 Å². The maximum Gasteiger partial charge on any atom is 0.344 e. The van der Waals surface area contributed by atoms with Crippen LogP contribution in [0.4, 0.5) is 0 Å². The van der Waals surface area contributed by atoms with Crippen molar-refractivity contribution in [2.24, 2.45) is 0 Å². The lowest BCUT2D eigenvalue weighted by molar-refractivity contribution is 0.534. The minimum Gasteiger partial charge on any atom is -0.422 e. The molecule has 3 rings (SSSR count). The molecule has 1 heterocycles. The van der Waals surface area contributed by atoms with E-state index in [-0.39, 0.29) is 5.63 Å². The van der Waals surface area contributed by atoms with E-state index in [0.717, 1.165) is 22.1 Å². The van der Waals surface area contributed by atoms with Crippen molar-refractivity contribution < 1.29 is 4.42 Å². The summed E-state index contributed by atoms with van der Waals surface area (Å²) in [5.41, 5.74) is 4.07. The van der Waals surface area contributed by atoms with Crippen LogP contribution in [0.1, 0.15) is 16.7 Å². The minimum atomic E-state index is -0.274. The molecule has 0 aliphatic heterocycles. The van der Waals surface area contributed by atoms with Gasteiger partial charge in [0.05, 0.1) is 5.39 Å². The lowest BCUT2D eigenvalue weighted by atomic mass is 10.0. The average Bonchev–Trinajstić information content (AvgIpc) is 2.41. The molecule has 100 valence electrons. The molecule has 2 aromatic carbocycles. The molecule has 0 bridgehead atoms. The summed E-state index contributed by atoms with van der Waals surface area (Å²) < 4.78 is 5.50. The molecule has 0 radical (unpaired) electrons. The Labute approximate surface area is 117 Å². The molecule has 0 aliphatic rings. The molecule has 0 N–H and O–H groups in total. The van der Waals surface area contributed by atoms with Crippen molar-refractivity contribution in [1.29, 1.82) is 0 Å². The van der Waals surface area contributed by atoms with Crippen molar-refractivity contribution in [1.82, 2.24) is 0 Å². The summed E-state index contributed by atoms with van der Waals surface area (Å²) in [5.74, 6) is 0.629. The van der Waals surface area contributed by atoms with Gasteiger partial charge >= 0.3 is 5.63 Å². The lowest BCUT2D eigenvalue weighted by Crippen LogP contribution is -2.01. The summed E-state index contributed by atoms with van der Waals surface area (Å²) in [4.78, 5) is 12.2. The fourth-order valence-electron chi connectivity index (χ4n) is 2.44. The van der Waals surface area contributed by atoms with Crippen LogP contribution < -0.4 is 5.63 Å². The predicted molar refractivity (Wildman–Crippen MR) is 82.1 cm³/mol. The highest BCUT2D eigenvalue weighted by Gasteiger charge is 2.09. The van der Waals surface area contributed by atoms with Gasteiger partial charge in [-0.05, 0) is 55.0 Å². The van der Waals surface area contributed by atoms with Crippen LogP contribution in [0.5, 0.6) is 0 Å². The summed E-state index contributed by atoms with van der Waals surface area (Å²) >= 11 is 0. The molecule has 0 atom stereocenters. The van der Waals surface area contributed by atoms with Crippen molar-refractivity contribution in [3.05, 3.63) is 69.6 Å². The standard InChI is InChI=1S/C18H16O2/c1-11-6-4-5-7-15(11)17-10-14-8-12(2)13(3)9-16(14)18(19)20-17/h4-10H,1-3H3. The van der Waals surface area contributed by atoms with Crippen LogP contribution in [0.2, 0.25) is 0 Å². The van der Waals surface area contributed by atoms with Crippen LogP contribution in [0.15, 0.2) is 51.7 Å². The molecular weight excluding hydrogens is 248 g/mol. The van der Waals surface area contributed by atoms with E-state index in [4.69, 9.17) is 4.42 Å². The molecule has 0 unspecified atom stereocenters. The van der Waals surface area contributed by atoms with E-state index in [1.54, 1.807) is 0 Å². The second-order valence-electron chi connectivity index (χ2n) is 5.24. The van der Waals surface area contributed by atoms with Gasteiger partial charge < -0.3 is 4.42 Å². The second kappa shape index (κ2) is 4.64. The normalized spacial score (nSPS) is 10.9. The number of benzene rings is 2. The van der Waals surface area contributed by atoms with Crippen LogP contribution >= 0.6 is 0 Å². The van der Waals surface area contributed by atoms with E-state index >= 15 is 0 Å². The van der Waals surface area contributed by atoms with E-state index in [1.807, 2.05) is 56.3 Å². The van der Waals surface area contributed by atoms with Crippen LogP contribution in [-0.2, 0) is 0 Å². The highest BCUT2D eigenvalue weighted by atomic mass is 16.4. The number of hydrogen-bond donors (Lipinski definition) is 0. The monoisotopic (exact) mass is 264 g/mol. The van der Waals surface area contributed by atoms with Crippen LogP contribution in [-0.4, -0.2) is 0 Å². The Morgan fingerprint density at radius 2 is 1.55 bits per heavy atom. The zero-order valence-corrected chi connectivity index (χ0v) is 11.9. The van der Waals surface area contributed by atoms with Crippen molar-refractivity contribution in [3.8, 4) is 11.3 Å². The Kier molecular flexibility index (Phi) is 2.94. The molecule has 2 nitrogen and oxygen atoms in total. The predicted octanol–water partition coefficient (Wildman–Crippen LogP) is 4.39. The molecule has 0 fully saturated rings. The molecule has 0 saturated heterocycles. The van der Waals surface area contributed by atoms with E-state index in [1.165, 1.54) is 5.56 Å². The molecule has 0 spiro atoms. The summed E-state index contributed by atoms with van der Waals surface area (Å²) in [7, 11) is 0. The summed E-state index contributed by atoms with van der Waals surface area (Å²) in [6.07, 6.45) is 0. The minimum absolute atomic E-state index is 0.274. The lowest BCUT2D eigenvalue weighted by Gasteiger charge is -2.07. The van der Waals surface area contributed by atoms with Gasteiger partial charge in [-0.25, -0.2) is 4.79 Å². The highest BCUT2D eigenvalue weighted by Crippen LogP contribution is 2.26. The zero-order chi connectivity index (χ0) is 14.3. The Bertz CT molecular complexity index is 857. The molecule has 20 heavy (non-hydrogen) atoms. The summed E-state index contributed by atoms with van der Waals surface area (Å²) in [6.45, 7) is 6.07. The van der Waals surface area contributed by atoms with Crippen LogP contribution in [0.25, 0.3) is 22.1 Å². The number of hydrogen-bond acceptors (Lipinski definition) is 2. The summed E-state index contributed by atoms with van der Waals surface area (Å²) in [6, 6.07) is 13.8. The van der Waals surface area contributed by atoms with Crippen LogP contribution in [0, 0.1) is 20.8 Å². The molecular formula is C18H16O2. The molecule has 0 aliphatic carbocycles. The van der Waals surface area contributed by atoms with Gasteiger partial charge in [0.2, 0.25) is 0 Å². The Hall–Kier alpha value is -2.35. The fraction of sp³-hybridized carbons (Fsp3) is 0.167. The van der Waals surface area contributed by atoms with Gasteiger partial charge in [0.15, 0.2) is 0 Å². The first-order valence-electron chi connectivity index (χ1n) is 6.67. The fourth-order valence-corrected chi connectivity index (χ4v) is 2.44. The quantitative estimate of drug-likeness (QED) is 0.652. The van der Waals surface area contributed by atoms with Crippen molar-refractivity contribution in [2.75, 3.05) is 0 Å². The van der Waals surface area contributed by atoms with E-state index in [0.29, 0.717) is 11.1 Å². The van der Waals surface area contributed by atoms with Gasteiger partial charge in [0.1, 0.15) is 5.76 Å². The first-order valence-corrected chi connectivity index (χ1v) is 6.67. The Morgan fingerprint density at radius 3 is 2.30 bits per heavy atom. The number of fused-ring (bicyclic) bond motifs is 1.